The van der Waals surface area contributed by atoms with Gasteiger partial charge in [-0.2, -0.15) is 17.6 Å². The van der Waals surface area contributed by atoms with E-state index in [1.807, 2.05) is 0 Å². The Morgan fingerprint density at radius 3 is 1.54 bits per heavy atom. The Labute approximate surface area is 67.5 Å². The predicted octanol–water partition coefficient (Wildman–Crippen LogP) is 2.99. The molecular weight excluding hydrogens is 212 g/mol. The molecule has 0 nitrogen and oxygen atoms in total. The molecule has 0 N–H and O–H groups in total. The van der Waals surface area contributed by atoms with E-state index in [1.165, 1.54) is 0 Å². The predicted molar refractivity (Wildman–Crippen MR) is 26.2 cm³/mol. The first-order valence-electron chi connectivity index (χ1n) is 2.79. The van der Waals surface area contributed by atoms with Crippen molar-refractivity contribution in [2.45, 2.75) is 24.4 Å². The Balaban J connectivity index is 4.74. The number of hydrogen-bond donors (Lipinski definition) is 0. The van der Waals surface area contributed by atoms with Crippen LogP contribution in [0.5, 0.6) is 0 Å². The molecule has 1 radical (unpaired) electrons. The number of alkyl halides is 7. The molecule has 0 aromatic carbocycles. The maximum atomic E-state index is 12.0. The molecule has 79 valence electrons. The molecule has 0 rings (SSSR count). The fourth-order valence-electron chi connectivity index (χ4n) is 0.415. The van der Waals surface area contributed by atoms with Gasteiger partial charge < -0.3 is 0 Å². The van der Waals surface area contributed by atoms with E-state index in [1.54, 1.807) is 0 Å². The molecule has 0 aromatic heterocycles. The summed E-state index contributed by atoms with van der Waals surface area (Å²) in [6.45, 7) is -1.82. The van der Waals surface area contributed by atoms with Crippen LogP contribution in [-0.4, -0.2) is 24.4 Å². The van der Waals surface area contributed by atoms with E-state index in [-0.39, 0.29) is 0 Å². The van der Waals surface area contributed by atoms with Crippen LogP contribution in [0.15, 0.2) is 0 Å². The lowest BCUT2D eigenvalue weighted by molar-refractivity contribution is -0.248. The lowest BCUT2D eigenvalue weighted by Crippen LogP contribution is -2.50. The zero-order valence-corrected chi connectivity index (χ0v) is 5.76. The quantitative estimate of drug-likeness (QED) is 0.632. The minimum Gasteiger partial charge on any atom is -0.237 e. The lowest BCUT2D eigenvalue weighted by Gasteiger charge is -2.25. The molecule has 0 aliphatic heterocycles. The van der Waals surface area contributed by atoms with E-state index in [2.05, 4.69) is 0 Å². The summed E-state index contributed by atoms with van der Waals surface area (Å²) in [7, 11) is 0. The Kier molecular flexibility index (Phi) is 3.51. The number of hydrogen-bond acceptors (Lipinski definition) is 0. The molecule has 0 amide bonds. The van der Waals surface area contributed by atoms with Crippen molar-refractivity contribution < 1.29 is 35.1 Å². The highest BCUT2D eigenvalue weighted by atomic mass is 19.3. The zero-order valence-electron chi connectivity index (χ0n) is 5.76. The molecule has 0 saturated carbocycles. The van der Waals surface area contributed by atoms with Gasteiger partial charge in [-0.05, 0) is 0 Å². The molecule has 0 aliphatic rings. The first-order chi connectivity index (χ1) is 5.66. The molecule has 8 heteroatoms. The van der Waals surface area contributed by atoms with Gasteiger partial charge >= 0.3 is 11.8 Å². The van der Waals surface area contributed by atoms with Crippen LogP contribution in [0.3, 0.4) is 0 Å². The van der Waals surface area contributed by atoms with E-state index < -0.39 is 31.1 Å². The van der Waals surface area contributed by atoms with Crippen LogP contribution in [-0.2, 0) is 0 Å². The van der Waals surface area contributed by atoms with Crippen LogP contribution in [0.4, 0.5) is 35.1 Å². The first-order valence-corrected chi connectivity index (χ1v) is 2.79. The Morgan fingerprint density at radius 2 is 1.31 bits per heavy atom. The van der Waals surface area contributed by atoms with Crippen molar-refractivity contribution in [3.05, 3.63) is 6.67 Å². The highest BCUT2D eigenvalue weighted by molar-refractivity contribution is 4.96. The van der Waals surface area contributed by atoms with E-state index in [0.29, 0.717) is 0 Å². The van der Waals surface area contributed by atoms with Gasteiger partial charge in [0.1, 0.15) is 0 Å². The van der Waals surface area contributed by atoms with Crippen molar-refractivity contribution in [1.82, 2.24) is 0 Å². The van der Waals surface area contributed by atoms with Gasteiger partial charge in [0.2, 0.25) is 12.8 Å². The van der Waals surface area contributed by atoms with Crippen molar-refractivity contribution in [3.8, 4) is 0 Å². The molecule has 0 fully saturated rings. The van der Waals surface area contributed by atoms with Crippen molar-refractivity contribution in [2.75, 3.05) is 0 Å². The van der Waals surface area contributed by atoms with Crippen molar-refractivity contribution in [2.24, 2.45) is 0 Å². The van der Waals surface area contributed by atoms with Crippen LogP contribution >= 0.6 is 0 Å². The Hall–Kier alpha value is -0.560. The van der Waals surface area contributed by atoms with Gasteiger partial charge in [0.25, 0.3) is 6.43 Å². The minimum atomic E-state index is -5.75. The van der Waals surface area contributed by atoms with E-state index >= 15 is 0 Å². The maximum absolute atomic E-state index is 12.0. The van der Waals surface area contributed by atoms with Gasteiger partial charge in [0.05, 0.1) is 0 Å². The van der Waals surface area contributed by atoms with Crippen LogP contribution in [0.2, 0.25) is 0 Å². The van der Waals surface area contributed by atoms with Crippen molar-refractivity contribution in [3.63, 3.8) is 0 Å². The minimum absolute atomic E-state index is 1.82. The summed E-state index contributed by atoms with van der Waals surface area (Å²) in [4.78, 5) is 0. The largest absolute Gasteiger partial charge is 0.349 e. The van der Waals surface area contributed by atoms with Crippen molar-refractivity contribution in [1.29, 1.82) is 0 Å². The molecule has 13 heavy (non-hydrogen) atoms. The molecule has 0 heterocycles. The van der Waals surface area contributed by atoms with E-state index in [9.17, 15) is 35.1 Å². The third kappa shape index (κ3) is 2.22. The lowest BCUT2D eigenvalue weighted by atomic mass is 10.1. The second kappa shape index (κ2) is 3.67. The first kappa shape index (κ1) is 12.4. The molecule has 0 bridgehead atoms. The summed E-state index contributed by atoms with van der Waals surface area (Å²) in [6.07, 6.45) is -8.71. The smallest absolute Gasteiger partial charge is 0.237 e. The van der Waals surface area contributed by atoms with Gasteiger partial charge in [0.15, 0.2) is 0 Å². The van der Waals surface area contributed by atoms with Gasteiger partial charge in [-0.25, -0.2) is 17.6 Å². The Bertz CT molecular complexity index is 164. The summed E-state index contributed by atoms with van der Waals surface area (Å²) >= 11 is 0. The average Bonchev–Trinajstić information content (AvgIpc) is 2.02. The average molecular weight is 215 g/mol. The normalized spacial score (nSPS) is 16.4. The topological polar surface area (TPSA) is 0 Å². The van der Waals surface area contributed by atoms with Gasteiger partial charge in [-0.15, -0.1) is 0 Å². The molecular formula is C5H3F8. The van der Waals surface area contributed by atoms with Crippen LogP contribution in [0, 0.1) is 6.67 Å². The van der Waals surface area contributed by atoms with Crippen LogP contribution in [0.1, 0.15) is 0 Å². The summed E-state index contributed by atoms with van der Waals surface area (Å²) < 4.78 is 93.0. The summed E-state index contributed by atoms with van der Waals surface area (Å²) in [6, 6.07) is 0. The molecule has 0 saturated heterocycles. The third-order valence-electron chi connectivity index (χ3n) is 1.15. The fourth-order valence-corrected chi connectivity index (χ4v) is 0.415. The number of rotatable bonds is 4. The molecule has 0 aromatic rings. The van der Waals surface area contributed by atoms with Crippen molar-refractivity contribution >= 4 is 0 Å². The second-order valence-electron chi connectivity index (χ2n) is 2.09. The third-order valence-corrected chi connectivity index (χ3v) is 1.15. The van der Waals surface area contributed by atoms with Crippen LogP contribution in [0.25, 0.3) is 0 Å². The van der Waals surface area contributed by atoms with Gasteiger partial charge in [-0.1, -0.05) is 0 Å². The summed E-state index contributed by atoms with van der Waals surface area (Å²) in [5, 5.41) is 0. The van der Waals surface area contributed by atoms with E-state index in [0.717, 1.165) is 0 Å². The molecule has 0 aliphatic carbocycles. The monoisotopic (exact) mass is 215 g/mol. The Morgan fingerprint density at radius 1 is 0.923 bits per heavy atom. The standard InChI is InChI=1S/C5H3F8/c6-1-4(10,11)5(12,13)2(7)3(8)9/h1-3H. The summed E-state index contributed by atoms with van der Waals surface area (Å²) in [5.74, 6) is -11.3. The van der Waals surface area contributed by atoms with Gasteiger partial charge in [-0.3, -0.25) is 0 Å². The fraction of sp³-hybridized carbons (Fsp3) is 0.800. The van der Waals surface area contributed by atoms with E-state index in [4.69, 9.17) is 0 Å². The highest BCUT2D eigenvalue weighted by Crippen LogP contribution is 2.42. The molecule has 0 spiro atoms. The SMILES string of the molecule is F[CH]C(F)(F)C(F)(F)C(F)C(F)F. The number of halogens is 8. The van der Waals surface area contributed by atoms with Crippen LogP contribution < -0.4 is 0 Å². The van der Waals surface area contributed by atoms with Gasteiger partial charge in [0, 0.05) is 0 Å². The molecule has 1 atom stereocenters. The summed E-state index contributed by atoms with van der Waals surface area (Å²) in [5.41, 5.74) is 0. The zero-order chi connectivity index (χ0) is 10.9. The second-order valence-corrected chi connectivity index (χ2v) is 2.09. The maximum Gasteiger partial charge on any atom is 0.349 e. The molecule has 1 unspecified atom stereocenters. The highest BCUT2D eigenvalue weighted by Gasteiger charge is 2.65.